The number of carbonyl (C=O) groups is 2. The van der Waals surface area contributed by atoms with Crippen molar-refractivity contribution in [3.05, 3.63) is 67.5 Å². The zero-order valence-electron chi connectivity index (χ0n) is 16.7. The summed E-state index contributed by atoms with van der Waals surface area (Å²) in [7, 11) is 0. The first-order chi connectivity index (χ1) is 15.3. The highest BCUT2D eigenvalue weighted by Crippen LogP contribution is 2.37. The fourth-order valence-corrected chi connectivity index (χ4v) is 5.29. The lowest BCUT2D eigenvalue weighted by atomic mass is 10.2. The number of non-ortho nitro benzene ring substituents is 1. The van der Waals surface area contributed by atoms with Crippen LogP contribution in [0.3, 0.4) is 0 Å². The van der Waals surface area contributed by atoms with Crippen molar-refractivity contribution in [1.82, 2.24) is 9.80 Å². The molecule has 8 nitrogen and oxygen atoms in total. The molecule has 11 heteroatoms. The van der Waals surface area contributed by atoms with Crippen LogP contribution in [0.4, 0.5) is 11.4 Å². The molecule has 0 aliphatic carbocycles. The van der Waals surface area contributed by atoms with Gasteiger partial charge in [-0.25, -0.2) is 0 Å². The second-order valence-corrected chi connectivity index (χ2v) is 9.18. The van der Waals surface area contributed by atoms with Gasteiger partial charge in [-0.3, -0.25) is 24.6 Å². The maximum absolute atomic E-state index is 13.0. The Balaban J connectivity index is 1.33. The van der Waals surface area contributed by atoms with Gasteiger partial charge in [0, 0.05) is 59.1 Å². The number of anilines is 1. The van der Waals surface area contributed by atoms with E-state index in [0.29, 0.717) is 46.8 Å². The number of piperazine rings is 1. The second-order valence-electron chi connectivity index (χ2n) is 7.31. The molecule has 2 amide bonds. The Morgan fingerprint density at radius 1 is 1.09 bits per heavy atom. The van der Waals surface area contributed by atoms with Gasteiger partial charge in [0.15, 0.2) is 0 Å². The van der Waals surface area contributed by atoms with Gasteiger partial charge < -0.3 is 10.2 Å². The monoisotopic (exact) mass is 492 g/mol. The van der Waals surface area contributed by atoms with Gasteiger partial charge in [-0.05, 0) is 18.2 Å². The molecule has 0 unspecified atom stereocenters. The summed E-state index contributed by atoms with van der Waals surface area (Å²) < 4.78 is 0.863. The van der Waals surface area contributed by atoms with Crippen LogP contribution in [0.1, 0.15) is 9.67 Å². The maximum atomic E-state index is 13.0. The van der Waals surface area contributed by atoms with Crippen LogP contribution in [-0.4, -0.2) is 59.3 Å². The summed E-state index contributed by atoms with van der Waals surface area (Å²) in [4.78, 5) is 39.8. The molecule has 3 aromatic rings. The van der Waals surface area contributed by atoms with Crippen LogP contribution in [0, 0.1) is 10.1 Å². The average Bonchev–Trinajstić information content (AvgIpc) is 3.09. The van der Waals surface area contributed by atoms with Crippen molar-refractivity contribution < 1.29 is 14.5 Å². The molecule has 1 N–H and O–H groups in total. The van der Waals surface area contributed by atoms with E-state index in [4.69, 9.17) is 23.2 Å². The van der Waals surface area contributed by atoms with Gasteiger partial charge in [0.05, 0.1) is 16.5 Å². The van der Waals surface area contributed by atoms with Gasteiger partial charge in [-0.1, -0.05) is 35.3 Å². The molecule has 166 valence electrons. The number of halogens is 2. The second kappa shape index (κ2) is 9.41. The highest BCUT2D eigenvalue weighted by molar-refractivity contribution is 7.21. The predicted octanol–water partition coefficient (Wildman–Crippen LogP) is 4.51. The van der Waals surface area contributed by atoms with Crippen molar-refractivity contribution in [3.8, 4) is 0 Å². The Hall–Kier alpha value is -2.72. The molecule has 2 heterocycles. The molecule has 4 rings (SSSR count). The van der Waals surface area contributed by atoms with E-state index in [1.54, 1.807) is 23.1 Å². The fraction of sp³-hybridized carbons (Fsp3) is 0.238. The Kier molecular flexibility index (Phi) is 6.61. The number of rotatable bonds is 5. The number of fused-ring (bicyclic) bond motifs is 1. The van der Waals surface area contributed by atoms with Crippen LogP contribution in [0.15, 0.2) is 42.5 Å². The fourth-order valence-electron chi connectivity index (χ4n) is 3.53. The molecule has 0 radical (unpaired) electrons. The van der Waals surface area contributed by atoms with E-state index in [9.17, 15) is 19.7 Å². The van der Waals surface area contributed by atoms with Crippen LogP contribution in [-0.2, 0) is 4.79 Å². The molecular weight excluding hydrogens is 475 g/mol. The summed E-state index contributed by atoms with van der Waals surface area (Å²) in [5.41, 5.74) is 0.287. The van der Waals surface area contributed by atoms with E-state index in [1.807, 2.05) is 11.0 Å². The lowest BCUT2D eigenvalue weighted by Crippen LogP contribution is -2.50. The van der Waals surface area contributed by atoms with E-state index in [0.717, 1.165) is 10.1 Å². The first-order valence-electron chi connectivity index (χ1n) is 9.75. The highest BCUT2D eigenvalue weighted by atomic mass is 35.5. The zero-order valence-corrected chi connectivity index (χ0v) is 19.0. The van der Waals surface area contributed by atoms with Crippen LogP contribution >= 0.6 is 34.5 Å². The Morgan fingerprint density at radius 2 is 1.84 bits per heavy atom. The van der Waals surface area contributed by atoms with Gasteiger partial charge in [0.25, 0.3) is 11.6 Å². The first kappa shape index (κ1) is 22.5. The van der Waals surface area contributed by atoms with Crippen LogP contribution in [0.25, 0.3) is 10.1 Å². The molecule has 0 bridgehead atoms. The number of nitrogens with one attached hydrogen (secondary N) is 1. The largest absolute Gasteiger partial charge is 0.335 e. The van der Waals surface area contributed by atoms with Crippen molar-refractivity contribution in [2.75, 3.05) is 38.0 Å². The molecule has 1 aliphatic heterocycles. The van der Waals surface area contributed by atoms with Gasteiger partial charge in [0.2, 0.25) is 5.91 Å². The van der Waals surface area contributed by atoms with Gasteiger partial charge >= 0.3 is 0 Å². The third-order valence-corrected chi connectivity index (χ3v) is 7.03. The predicted molar refractivity (Wildman–Crippen MR) is 126 cm³/mol. The molecule has 0 atom stereocenters. The lowest BCUT2D eigenvalue weighted by molar-refractivity contribution is -0.384. The molecule has 0 saturated carbocycles. The number of hydrogen-bond acceptors (Lipinski definition) is 6. The van der Waals surface area contributed by atoms with Crippen molar-refractivity contribution in [3.63, 3.8) is 0 Å². The van der Waals surface area contributed by atoms with E-state index >= 15 is 0 Å². The third-order valence-electron chi connectivity index (χ3n) is 5.15. The highest BCUT2D eigenvalue weighted by Gasteiger charge is 2.27. The minimum atomic E-state index is -0.511. The van der Waals surface area contributed by atoms with E-state index in [2.05, 4.69) is 5.32 Å². The number of carbonyl (C=O) groups excluding carboxylic acids is 2. The maximum Gasteiger partial charge on any atom is 0.271 e. The van der Waals surface area contributed by atoms with E-state index in [1.165, 1.54) is 29.5 Å². The van der Waals surface area contributed by atoms with E-state index in [-0.39, 0.29) is 24.0 Å². The minimum Gasteiger partial charge on any atom is -0.335 e. The quantitative estimate of drug-likeness (QED) is 0.417. The van der Waals surface area contributed by atoms with Crippen molar-refractivity contribution >= 4 is 67.8 Å². The summed E-state index contributed by atoms with van der Waals surface area (Å²) in [5, 5.41) is 15.4. The molecule has 1 saturated heterocycles. The van der Waals surface area contributed by atoms with Crippen molar-refractivity contribution in [2.24, 2.45) is 0 Å². The smallest absolute Gasteiger partial charge is 0.271 e. The van der Waals surface area contributed by atoms with Crippen molar-refractivity contribution in [2.45, 2.75) is 0 Å². The Morgan fingerprint density at radius 3 is 2.56 bits per heavy atom. The molecule has 32 heavy (non-hydrogen) atoms. The standard InChI is InChI=1S/C21H18Cl2N4O4S/c22-13-4-5-16-17(10-13)32-20(19(16)23)21(29)26-8-6-25(7-9-26)12-18(28)24-14-2-1-3-15(11-14)27(30)31/h1-5,10-11H,6-9,12H2,(H,24,28). The molecule has 1 aromatic heterocycles. The van der Waals surface area contributed by atoms with Crippen LogP contribution < -0.4 is 5.32 Å². The minimum absolute atomic E-state index is 0.0860. The number of hydrogen-bond donors (Lipinski definition) is 1. The SMILES string of the molecule is O=C(CN1CCN(C(=O)c2sc3cc(Cl)ccc3c2Cl)CC1)Nc1cccc([N+](=O)[O-])c1. The van der Waals surface area contributed by atoms with Crippen LogP contribution in [0.2, 0.25) is 10.0 Å². The molecule has 1 aliphatic rings. The number of amides is 2. The van der Waals surface area contributed by atoms with E-state index < -0.39 is 4.92 Å². The molecule has 1 fully saturated rings. The number of nitrogens with zero attached hydrogens (tertiary/aromatic N) is 3. The molecule has 2 aromatic carbocycles. The summed E-state index contributed by atoms with van der Waals surface area (Å²) >= 11 is 13.8. The summed E-state index contributed by atoms with van der Waals surface area (Å²) in [6, 6.07) is 11.1. The number of thiophene rings is 1. The molecular formula is C21H18Cl2N4O4S. The third kappa shape index (κ3) is 4.86. The Labute approximate surface area is 197 Å². The van der Waals surface area contributed by atoms with Crippen LogP contribution in [0.5, 0.6) is 0 Å². The summed E-state index contributed by atoms with van der Waals surface area (Å²) in [6.07, 6.45) is 0. The normalized spacial score (nSPS) is 14.5. The summed E-state index contributed by atoms with van der Waals surface area (Å²) in [5.74, 6) is -0.400. The number of nitro benzene ring substituents is 1. The summed E-state index contributed by atoms with van der Waals surface area (Å²) in [6.45, 7) is 2.13. The average molecular weight is 493 g/mol. The lowest BCUT2D eigenvalue weighted by Gasteiger charge is -2.34. The molecule has 0 spiro atoms. The topological polar surface area (TPSA) is 95.8 Å². The number of nitro groups is 1. The number of benzene rings is 2. The zero-order chi connectivity index (χ0) is 22.8. The van der Waals surface area contributed by atoms with Gasteiger partial charge in [-0.15, -0.1) is 11.3 Å². The van der Waals surface area contributed by atoms with Crippen molar-refractivity contribution in [1.29, 1.82) is 0 Å². The first-order valence-corrected chi connectivity index (χ1v) is 11.3. The van der Waals surface area contributed by atoms with Gasteiger partial charge in [0.1, 0.15) is 4.88 Å². The Bertz CT molecular complexity index is 1210. The van der Waals surface area contributed by atoms with Gasteiger partial charge in [-0.2, -0.15) is 0 Å².